The van der Waals surface area contributed by atoms with E-state index in [1.165, 1.54) is 0 Å². The lowest BCUT2D eigenvalue weighted by atomic mass is 10.1. The third-order valence-electron chi connectivity index (χ3n) is 3.60. The Labute approximate surface area is 148 Å². The molecule has 0 radical (unpaired) electrons. The van der Waals surface area contributed by atoms with E-state index >= 15 is 0 Å². The van der Waals surface area contributed by atoms with Gasteiger partial charge >= 0.3 is 0 Å². The molecule has 0 spiro atoms. The average Bonchev–Trinajstić information content (AvgIpc) is 2.58. The first-order valence-electron chi connectivity index (χ1n) is 8.15. The summed E-state index contributed by atoms with van der Waals surface area (Å²) < 4.78 is 0. The Hall–Kier alpha value is -2.86. The van der Waals surface area contributed by atoms with Gasteiger partial charge in [0.15, 0.2) is 0 Å². The second-order valence-corrected chi connectivity index (χ2v) is 6.07. The summed E-state index contributed by atoms with van der Waals surface area (Å²) in [6.07, 6.45) is 0.880. The number of benzene rings is 2. The van der Waals surface area contributed by atoms with E-state index in [2.05, 4.69) is 15.5 Å². The van der Waals surface area contributed by atoms with Crippen LogP contribution in [0.3, 0.4) is 0 Å². The number of amides is 2. The number of hydrogen-bond donors (Lipinski definition) is 3. The number of nitrogens with two attached hydrogens (primary N) is 1. The molecular weight excluding hydrogens is 316 g/mol. The fraction of sp³-hybridized carbons (Fsp3) is 0.263. The molecule has 0 aliphatic carbocycles. The summed E-state index contributed by atoms with van der Waals surface area (Å²) in [5.74, 6) is -0.422. The predicted molar refractivity (Wildman–Crippen MR) is 101 cm³/mol. The van der Waals surface area contributed by atoms with Gasteiger partial charge in [-0.3, -0.25) is 9.59 Å². The molecule has 0 saturated heterocycles. The van der Waals surface area contributed by atoms with Crippen LogP contribution in [0.25, 0.3) is 0 Å². The Kier molecular flexibility index (Phi) is 6.54. The van der Waals surface area contributed by atoms with Crippen LogP contribution in [0, 0.1) is 0 Å². The molecule has 0 aliphatic rings. The van der Waals surface area contributed by atoms with Gasteiger partial charge in [0.05, 0.1) is 0 Å². The van der Waals surface area contributed by atoms with Crippen molar-refractivity contribution in [1.82, 2.24) is 10.2 Å². The van der Waals surface area contributed by atoms with Gasteiger partial charge in [-0.15, -0.1) is 0 Å². The summed E-state index contributed by atoms with van der Waals surface area (Å²) in [6.45, 7) is 1.52. The molecule has 2 aromatic carbocycles. The second-order valence-electron chi connectivity index (χ2n) is 6.07. The summed E-state index contributed by atoms with van der Waals surface area (Å²) in [5.41, 5.74) is 7.76. The van der Waals surface area contributed by atoms with E-state index in [1.807, 2.05) is 14.1 Å². The molecule has 2 aromatic rings. The van der Waals surface area contributed by atoms with Crippen molar-refractivity contribution in [3.05, 3.63) is 59.7 Å². The molecule has 4 N–H and O–H groups in total. The molecule has 2 rings (SSSR count). The highest BCUT2D eigenvalue weighted by Gasteiger charge is 2.09. The van der Waals surface area contributed by atoms with Crippen molar-refractivity contribution >= 4 is 23.2 Å². The highest BCUT2D eigenvalue weighted by Crippen LogP contribution is 2.14. The average molecular weight is 340 g/mol. The molecule has 0 aliphatic heterocycles. The van der Waals surface area contributed by atoms with Crippen LogP contribution in [-0.2, 0) is 0 Å². The Balaban J connectivity index is 1.96. The molecule has 0 atom stereocenters. The van der Waals surface area contributed by atoms with Crippen LogP contribution in [-0.4, -0.2) is 43.9 Å². The Morgan fingerprint density at radius 3 is 2.36 bits per heavy atom. The minimum Gasteiger partial charge on any atom is -0.399 e. The minimum absolute atomic E-state index is 0.154. The minimum atomic E-state index is -0.268. The van der Waals surface area contributed by atoms with Crippen molar-refractivity contribution in [3.8, 4) is 0 Å². The number of nitrogen functional groups attached to an aromatic ring is 1. The largest absolute Gasteiger partial charge is 0.399 e. The molecule has 6 heteroatoms. The van der Waals surface area contributed by atoms with Gasteiger partial charge in [-0.25, -0.2) is 0 Å². The summed E-state index contributed by atoms with van der Waals surface area (Å²) in [6, 6.07) is 13.6. The smallest absolute Gasteiger partial charge is 0.255 e. The third kappa shape index (κ3) is 5.93. The molecule has 2 amide bonds. The SMILES string of the molecule is CN(C)CCCNC(=O)c1cccc(NC(=O)c2cccc(N)c2)c1. The molecule has 0 unspecified atom stereocenters. The van der Waals surface area contributed by atoms with Crippen LogP contribution in [0.5, 0.6) is 0 Å². The van der Waals surface area contributed by atoms with Gasteiger partial charge in [-0.2, -0.15) is 0 Å². The number of hydrogen-bond acceptors (Lipinski definition) is 4. The van der Waals surface area contributed by atoms with Gasteiger partial charge in [0, 0.05) is 29.0 Å². The van der Waals surface area contributed by atoms with E-state index in [0.717, 1.165) is 13.0 Å². The molecular formula is C19H24N4O2. The van der Waals surface area contributed by atoms with Crippen LogP contribution in [0.2, 0.25) is 0 Å². The molecule has 0 aromatic heterocycles. The molecule has 0 heterocycles. The molecule has 0 saturated carbocycles. The number of rotatable bonds is 7. The maximum atomic E-state index is 12.3. The molecule has 0 bridgehead atoms. The summed E-state index contributed by atoms with van der Waals surface area (Å²) >= 11 is 0. The van der Waals surface area contributed by atoms with Crippen molar-refractivity contribution in [2.45, 2.75) is 6.42 Å². The number of carbonyl (C=O) groups is 2. The quantitative estimate of drug-likeness (QED) is 0.533. The fourth-order valence-electron chi connectivity index (χ4n) is 2.32. The molecule has 6 nitrogen and oxygen atoms in total. The first kappa shape index (κ1) is 18.5. The van der Waals surface area contributed by atoms with Crippen LogP contribution < -0.4 is 16.4 Å². The van der Waals surface area contributed by atoms with Crippen molar-refractivity contribution in [2.24, 2.45) is 0 Å². The number of carbonyl (C=O) groups excluding carboxylic acids is 2. The van der Waals surface area contributed by atoms with Crippen LogP contribution in [0.4, 0.5) is 11.4 Å². The van der Waals surface area contributed by atoms with E-state index in [-0.39, 0.29) is 11.8 Å². The van der Waals surface area contributed by atoms with E-state index < -0.39 is 0 Å². The Bertz CT molecular complexity index is 744. The van der Waals surface area contributed by atoms with Gasteiger partial charge in [-0.05, 0) is 63.5 Å². The molecule has 0 fully saturated rings. The summed E-state index contributed by atoms with van der Waals surface area (Å²) in [5, 5.41) is 5.66. The van der Waals surface area contributed by atoms with E-state index in [9.17, 15) is 9.59 Å². The van der Waals surface area contributed by atoms with Crippen LogP contribution >= 0.6 is 0 Å². The Morgan fingerprint density at radius 1 is 1.00 bits per heavy atom. The topological polar surface area (TPSA) is 87.5 Å². The van der Waals surface area contributed by atoms with Gasteiger partial charge < -0.3 is 21.3 Å². The van der Waals surface area contributed by atoms with Crippen molar-refractivity contribution in [1.29, 1.82) is 0 Å². The lowest BCUT2D eigenvalue weighted by molar-refractivity contribution is 0.0951. The molecule has 132 valence electrons. The third-order valence-corrected chi connectivity index (χ3v) is 3.60. The number of nitrogens with one attached hydrogen (secondary N) is 2. The highest BCUT2D eigenvalue weighted by molar-refractivity contribution is 6.05. The Morgan fingerprint density at radius 2 is 1.68 bits per heavy atom. The van der Waals surface area contributed by atoms with Crippen molar-refractivity contribution in [3.63, 3.8) is 0 Å². The zero-order chi connectivity index (χ0) is 18.2. The van der Waals surface area contributed by atoms with Crippen molar-refractivity contribution in [2.75, 3.05) is 38.2 Å². The van der Waals surface area contributed by atoms with Crippen LogP contribution in [0.1, 0.15) is 27.1 Å². The van der Waals surface area contributed by atoms with Gasteiger partial charge in [0.2, 0.25) is 0 Å². The van der Waals surface area contributed by atoms with E-state index in [4.69, 9.17) is 5.73 Å². The number of nitrogens with zero attached hydrogens (tertiary/aromatic N) is 1. The zero-order valence-corrected chi connectivity index (χ0v) is 14.6. The first-order chi connectivity index (χ1) is 12.0. The lowest BCUT2D eigenvalue weighted by Gasteiger charge is -2.11. The van der Waals surface area contributed by atoms with Gasteiger partial charge in [0.25, 0.3) is 11.8 Å². The molecule has 25 heavy (non-hydrogen) atoms. The maximum Gasteiger partial charge on any atom is 0.255 e. The first-order valence-corrected chi connectivity index (χ1v) is 8.15. The summed E-state index contributed by atoms with van der Waals surface area (Å²) in [7, 11) is 3.99. The summed E-state index contributed by atoms with van der Waals surface area (Å²) in [4.78, 5) is 26.5. The van der Waals surface area contributed by atoms with Crippen LogP contribution in [0.15, 0.2) is 48.5 Å². The standard InChI is InChI=1S/C19H24N4O2/c1-23(2)11-5-10-21-18(24)15-7-4-9-17(13-15)22-19(25)14-6-3-8-16(20)12-14/h3-4,6-9,12-13H,5,10-11,20H2,1-2H3,(H,21,24)(H,22,25). The van der Waals surface area contributed by atoms with Crippen molar-refractivity contribution < 1.29 is 9.59 Å². The fourth-order valence-corrected chi connectivity index (χ4v) is 2.32. The van der Waals surface area contributed by atoms with Gasteiger partial charge in [-0.1, -0.05) is 12.1 Å². The zero-order valence-electron chi connectivity index (χ0n) is 14.6. The normalized spacial score (nSPS) is 10.5. The van der Waals surface area contributed by atoms with E-state index in [1.54, 1.807) is 48.5 Å². The highest BCUT2D eigenvalue weighted by atomic mass is 16.2. The number of anilines is 2. The second kappa shape index (κ2) is 8.84. The monoisotopic (exact) mass is 340 g/mol. The van der Waals surface area contributed by atoms with Gasteiger partial charge in [0.1, 0.15) is 0 Å². The lowest BCUT2D eigenvalue weighted by Crippen LogP contribution is -2.27. The maximum absolute atomic E-state index is 12.3. The predicted octanol–water partition coefficient (Wildman–Crippen LogP) is 2.20. The van der Waals surface area contributed by atoms with E-state index in [0.29, 0.717) is 29.0 Å².